The molecule has 0 aliphatic carbocycles. The van der Waals surface area contributed by atoms with Crippen molar-refractivity contribution in [3.63, 3.8) is 0 Å². The molecule has 12 rings (SSSR count). The van der Waals surface area contributed by atoms with Crippen LogP contribution < -0.4 is 0 Å². The highest BCUT2D eigenvalue weighted by atomic mass is 16.3. The van der Waals surface area contributed by atoms with Gasteiger partial charge in [0.25, 0.3) is 0 Å². The Hall–Kier alpha value is -8.21. The highest BCUT2D eigenvalue weighted by molar-refractivity contribution is 6.20. The maximum atomic E-state index is 6.60. The number of benzene rings is 10. The SMILES string of the molecule is c1cc(-c2cccc(-c3nc(-c4ccc5ccccc5c4)nc(-c4ccc5ccccc5c4)n3)c2)cc(-c2cccc(-c3cccc4c3oc3ccc5ccccc5c34)c2)c1. The normalized spacial score (nSPS) is 11.6. The van der Waals surface area contributed by atoms with E-state index in [1.807, 2.05) is 0 Å². The van der Waals surface area contributed by atoms with Crippen LogP contribution in [0.4, 0.5) is 0 Å². The summed E-state index contributed by atoms with van der Waals surface area (Å²) in [4.78, 5) is 15.3. The summed E-state index contributed by atoms with van der Waals surface area (Å²) in [6, 6.07) is 74.8. The van der Waals surface area contributed by atoms with Crippen molar-refractivity contribution in [1.29, 1.82) is 0 Å². The first-order chi connectivity index (χ1) is 30.2. The van der Waals surface area contributed by atoms with Crippen molar-refractivity contribution in [2.24, 2.45) is 0 Å². The lowest BCUT2D eigenvalue weighted by Crippen LogP contribution is -2.00. The third-order valence-corrected chi connectivity index (χ3v) is 11.9. The summed E-state index contributed by atoms with van der Waals surface area (Å²) in [6.45, 7) is 0. The van der Waals surface area contributed by atoms with E-state index in [1.54, 1.807) is 0 Å². The van der Waals surface area contributed by atoms with Crippen LogP contribution in [0.2, 0.25) is 0 Å². The van der Waals surface area contributed by atoms with E-state index in [2.05, 4.69) is 212 Å². The molecule has 0 unspecified atom stereocenters. The number of hydrogen-bond acceptors (Lipinski definition) is 4. The van der Waals surface area contributed by atoms with Gasteiger partial charge < -0.3 is 4.42 Å². The zero-order valence-corrected chi connectivity index (χ0v) is 33.0. The fourth-order valence-corrected chi connectivity index (χ4v) is 8.80. The first-order valence-corrected chi connectivity index (χ1v) is 20.6. The van der Waals surface area contributed by atoms with Crippen LogP contribution in [0.15, 0.2) is 217 Å². The maximum Gasteiger partial charge on any atom is 0.164 e. The lowest BCUT2D eigenvalue weighted by Gasteiger charge is -2.11. The van der Waals surface area contributed by atoms with Gasteiger partial charge in [0.1, 0.15) is 11.2 Å². The Balaban J connectivity index is 0.927. The summed E-state index contributed by atoms with van der Waals surface area (Å²) < 4.78 is 6.60. The van der Waals surface area contributed by atoms with Gasteiger partial charge in [0.05, 0.1) is 0 Å². The first-order valence-electron chi connectivity index (χ1n) is 20.6. The minimum atomic E-state index is 0.625. The lowest BCUT2D eigenvalue weighted by atomic mass is 9.95. The van der Waals surface area contributed by atoms with Crippen molar-refractivity contribution in [2.75, 3.05) is 0 Å². The minimum absolute atomic E-state index is 0.625. The standard InChI is InChI=1S/C57H35N3O/c1-3-14-39-33-47(27-25-36(39)11-1)56-58-55(59-57(60-56)48-28-26-37-12-2-4-15-40(37)34-48)46-21-9-19-44(35-46)42-17-7-16-41(31-42)43-18-8-20-45(32-43)50-23-10-24-51-53-49-22-6-5-13-38(49)29-30-52(53)61-54(50)51/h1-35H. The topological polar surface area (TPSA) is 51.8 Å². The van der Waals surface area contributed by atoms with Crippen LogP contribution in [0.5, 0.6) is 0 Å². The largest absolute Gasteiger partial charge is 0.455 e. The van der Waals surface area contributed by atoms with Crippen molar-refractivity contribution in [2.45, 2.75) is 0 Å². The van der Waals surface area contributed by atoms with Crippen LogP contribution in [0.1, 0.15) is 0 Å². The molecule has 0 saturated carbocycles. The fraction of sp³-hybridized carbons (Fsp3) is 0. The number of nitrogens with zero attached hydrogens (tertiary/aromatic N) is 3. The molecule has 0 amide bonds. The predicted octanol–water partition coefficient (Wildman–Crippen LogP) is 15.2. The molecule has 0 aliphatic heterocycles. The zero-order chi connectivity index (χ0) is 40.3. The van der Waals surface area contributed by atoms with Gasteiger partial charge in [-0.25, -0.2) is 15.0 Å². The van der Waals surface area contributed by atoms with E-state index in [0.29, 0.717) is 17.5 Å². The highest BCUT2D eigenvalue weighted by Gasteiger charge is 2.17. The Kier molecular flexibility index (Phi) is 8.13. The third-order valence-electron chi connectivity index (χ3n) is 11.9. The number of fused-ring (bicyclic) bond motifs is 7. The molecule has 4 nitrogen and oxygen atoms in total. The van der Waals surface area contributed by atoms with Crippen LogP contribution in [-0.2, 0) is 0 Å². The third kappa shape index (κ3) is 6.21. The molecular weight excluding hydrogens is 743 g/mol. The van der Waals surface area contributed by atoms with Gasteiger partial charge in [-0.15, -0.1) is 0 Å². The van der Waals surface area contributed by atoms with Crippen LogP contribution in [0, 0.1) is 0 Å². The average Bonchev–Trinajstić information content (AvgIpc) is 3.73. The molecule has 12 aromatic rings. The Morgan fingerprint density at radius 2 is 0.705 bits per heavy atom. The zero-order valence-electron chi connectivity index (χ0n) is 33.0. The second-order valence-electron chi connectivity index (χ2n) is 15.6. The van der Waals surface area contributed by atoms with Gasteiger partial charge in [-0.1, -0.05) is 176 Å². The molecule has 0 spiro atoms. The van der Waals surface area contributed by atoms with Crippen molar-refractivity contribution >= 4 is 54.3 Å². The second kappa shape index (κ2) is 14.3. The molecule has 2 aromatic heterocycles. The predicted molar refractivity (Wildman–Crippen MR) is 252 cm³/mol. The number of rotatable bonds is 6. The van der Waals surface area contributed by atoms with Gasteiger partial charge in [-0.3, -0.25) is 0 Å². The van der Waals surface area contributed by atoms with E-state index >= 15 is 0 Å². The van der Waals surface area contributed by atoms with E-state index in [0.717, 1.165) is 82.8 Å². The van der Waals surface area contributed by atoms with Crippen molar-refractivity contribution < 1.29 is 4.42 Å². The molecule has 0 radical (unpaired) electrons. The quantitative estimate of drug-likeness (QED) is 0.169. The van der Waals surface area contributed by atoms with Gasteiger partial charge in [-0.2, -0.15) is 0 Å². The maximum absolute atomic E-state index is 6.60. The number of aromatic nitrogens is 3. The molecule has 2 heterocycles. The molecule has 61 heavy (non-hydrogen) atoms. The Morgan fingerprint density at radius 1 is 0.279 bits per heavy atom. The summed E-state index contributed by atoms with van der Waals surface area (Å²) in [5, 5.41) is 9.33. The summed E-state index contributed by atoms with van der Waals surface area (Å²) in [5.41, 5.74) is 11.2. The van der Waals surface area contributed by atoms with E-state index in [4.69, 9.17) is 19.4 Å². The van der Waals surface area contributed by atoms with E-state index in [1.165, 1.54) is 21.5 Å². The summed E-state index contributed by atoms with van der Waals surface area (Å²) >= 11 is 0. The lowest BCUT2D eigenvalue weighted by molar-refractivity contribution is 0.670. The molecule has 4 heteroatoms. The number of para-hydroxylation sites is 1. The van der Waals surface area contributed by atoms with Gasteiger partial charge in [-0.05, 0) is 96.5 Å². The van der Waals surface area contributed by atoms with Gasteiger partial charge >= 0.3 is 0 Å². The number of furan rings is 1. The smallest absolute Gasteiger partial charge is 0.164 e. The van der Waals surface area contributed by atoms with Gasteiger partial charge in [0, 0.05) is 33.0 Å². The molecular formula is C57H35N3O. The highest BCUT2D eigenvalue weighted by Crippen LogP contribution is 2.40. The Bertz CT molecular complexity index is 3580. The molecule has 0 aliphatic rings. The van der Waals surface area contributed by atoms with Crippen LogP contribution in [-0.4, -0.2) is 15.0 Å². The summed E-state index contributed by atoms with van der Waals surface area (Å²) in [5.74, 6) is 1.90. The van der Waals surface area contributed by atoms with Crippen molar-refractivity contribution in [3.05, 3.63) is 212 Å². The van der Waals surface area contributed by atoms with Crippen molar-refractivity contribution in [1.82, 2.24) is 15.0 Å². The van der Waals surface area contributed by atoms with Crippen LogP contribution in [0.3, 0.4) is 0 Å². The molecule has 0 fully saturated rings. The molecule has 284 valence electrons. The second-order valence-corrected chi connectivity index (χ2v) is 15.6. The number of hydrogen-bond donors (Lipinski definition) is 0. The monoisotopic (exact) mass is 777 g/mol. The molecule has 0 bridgehead atoms. The van der Waals surface area contributed by atoms with E-state index in [9.17, 15) is 0 Å². The minimum Gasteiger partial charge on any atom is -0.455 e. The molecule has 0 atom stereocenters. The average molecular weight is 778 g/mol. The molecule has 0 saturated heterocycles. The summed E-state index contributed by atoms with van der Waals surface area (Å²) in [7, 11) is 0. The van der Waals surface area contributed by atoms with E-state index in [-0.39, 0.29) is 0 Å². The van der Waals surface area contributed by atoms with Crippen LogP contribution in [0.25, 0.3) is 122 Å². The first kappa shape index (κ1) is 34.8. The van der Waals surface area contributed by atoms with Crippen LogP contribution >= 0.6 is 0 Å². The molecule has 10 aromatic carbocycles. The van der Waals surface area contributed by atoms with E-state index < -0.39 is 0 Å². The van der Waals surface area contributed by atoms with Crippen molar-refractivity contribution in [3.8, 4) is 67.5 Å². The summed E-state index contributed by atoms with van der Waals surface area (Å²) in [6.07, 6.45) is 0. The molecule has 0 N–H and O–H groups in total. The van der Waals surface area contributed by atoms with Gasteiger partial charge in [0.15, 0.2) is 17.5 Å². The Morgan fingerprint density at radius 3 is 1.31 bits per heavy atom. The van der Waals surface area contributed by atoms with Gasteiger partial charge in [0.2, 0.25) is 0 Å². The Labute approximate surface area is 352 Å². The fourth-order valence-electron chi connectivity index (χ4n) is 8.80.